The number of rotatable bonds is 5. The Hall–Kier alpha value is -1.63. The fraction of sp³-hybridized carbons (Fsp3) is 0.417. The molecule has 1 N–H and O–H groups in total. The molecule has 4 heteroatoms. The van der Waals surface area contributed by atoms with E-state index in [4.69, 9.17) is 5.26 Å². The van der Waals surface area contributed by atoms with Crippen molar-refractivity contribution < 1.29 is 8.78 Å². The average Bonchev–Trinajstić information content (AvgIpc) is 2.25. The van der Waals surface area contributed by atoms with Crippen molar-refractivity contribution in [2.45, 2.75) is 26.2 Å². The second kappa shape index (κ2) is 6.06. The molecule has 0 aliphatic rings. The maximum Gasteiger partial charge on any atom is 0.146 e. The predicted molar refractivity (Wildman–Crippen MR) is 59.0 cm³/mol. The fourth-order valence-corrected chi connectivity index (χ4v) is 1.33. The number of unbranched alkanes of at least 4 members (excludes halogenated alkanes) is 2. The summed E-state index contributed by atoms with van der Waals surface area (Å²) < 4.78 is 26.5. The van der Waals surface area contributed by atoms with Crippen LogP contribution in [0.1, 0.15) is 24.8 Å². The smallest absolute Gasteiger partial charge is 0.146 e. The van der Waals surface area contributed by atoms with Gasteiger partial charge in [0, 0.05) is 19.0 Å². The van der Waals surface area contributed by atoms with Crippen LogP contribution in [0.3, 0.4) is 0 Å². The maximum atomic E-state index is 13.3. The van der Waals surface area contributed by atoms with Gasteiger partial charge in [0.25, 0.3) is 0 Å². The molecule has 1 rings (SSSR count). The number of nitriles is 1. The third-order valence-electron chi connectivity index (χ3n) is 2.28. The molecule has 0 unspecified atom stereocenters. The van der Waals surface area contributed by atoms with Gasteiger partial charge >= 0.3 is 0 Å². The van der Waals surface area contributed by atoms with Crippen LogP contribution in [0.15, 0.2) is 12.1 Å². The maximum absolute atomic E-state index is 13.3. The van der Waals surface area contributed by atoms with Crippen LogP contribution < -0.4 is 5.32 Å². The molecule has 2 nitrogen and oxygen atoms in total. The first kappa shape index (κ1) is 12.4. The van der Waals surface area contributed by atoms with Gasteiger partial charge in [-0.25, -0.2) is 8.78 Å². The number of aryl methyl sites for hydroxylation is 1. The van der Waals surface area contributed by atoms with E-state index in [2.05, 4.69) is 5.32 Å². The van der Waals surface area contributed by atoms with Crippen LogP contribution in [0.5, 0.6) is 0 Å². The van der Waals surface area contributed by atoms with Gasteiger partial charge < -0.3 is 5.32 Å². The fourth-order valence-electron chi connectivity index (χ4n) is 1.33. The molecule has 1 aromatic rings. The van der Waals surface area contributed by atoms with E-state index >= 15 is 0 Å². The zero-order valence-electron chi connectivity index (χ0n) is 9.19. The number of halogens is 2. The van der Waals surface area contributed by atoms with Crippen LogP contribution in [0.2, 0.25) is 0 Å². The number of hydrogen-bond acceptors (Lipinski definition) is 2. The van der Waals surface area contributed by atoms with Gasteiger partial charge in [0.2, 0.25) is 0 Å². The van der Waals surface area contributed by atoms with Gasteiger partial charge in [0.15, 0.2) is 0 Å². The van der Waals surface area contributed by atoms with E-state index in [1.807, 2.05) is 6.07 Å². The Kier molecular flexibility index (Phi) is 4.71. The second-order valence-electron chi connectivity index (χ2n) is 3.62. The molecule has 0 heterocycles. The molecule has 0 fully saturated rings. The summed E-state index contributed by atoms with van der Waals surface area (Å²) in [6, 6.07) is 4.37. The summed E-state index contributed by atoms with van der Waals surface area (Å²) in [5.41, 5.74) is 0.479. The van der Waals surface area contributed by atoms with Crippen molar-refractivity contribution in [3.8, 4) is 6.07 Å². The number of nitrogens with zero attached hydrogens (tertiary/aromatic N) is 1. The van der Waals surface area contributed by atoms with Gasteiger partial charge in [-0.05, 0) is 31.4 Å². The minimum Gasteiger partial charge on any atom is -0.383 e. The Morgan fingerprint density at radius 2 is 2.00 bits per heavy atom. The van der Waals surface area contributed by atoms with Crippen molar-refractivity contribution in [1.82, 2.24) is 0 Å². The summed E-state index contributed by atoms with van der Waals surface area (Å²) >= 11 is 0. The van der Waals surface area contributed by atoms with Crippen molar-refractivity contribution in [3.05, 3.63) is 29.3 Å². The molecule has 0 aliphatic heterocycles. The minimum atomic E-state index is -0.445. The van der Waals surface area contributed by atoms with E-state index < -0.39 is 11.6 Å². The molecular weight excluding hydrogens is 210 g/mol. The standard InChI is InChI=1S/C12H14F2N2/c1-9-7-11(14)12(8-10(9)13)16-6-4-2-3-5-15/h7-8,16H,2-4,6H2,1H3. The highest BCUT2D eigenvalue weighted by Gasteiger charge is 2.06. The van der Waals surface area contributed by atoms with Gasteiger partial charge in [-0.3, -0.25) is 0 Å². The molecule has 0 aliphatic carbocycles. The monoisotopic (exact) mass is 224 g/mol. The quantitative estimate of drug-likeness (QED) is 0.778. The predicted octanol–water partition coefficient (Wildman–Crippen LogP) is 3.38. The Balaban J connectivity index is 2.48. The summed E-state index contributed by atoms with van der Waals surface area (Å²) in [5.74, 6) is -0.861. The first-order valence-electron chi connectivity index (χ1n) is 5.21. The third-order valence-corrected chi connectivity index (χ3v) is 2.28. The normalized spacial score (nSPS) is 9.88. The van der Waals surface area contributed by atoms with Gasteiger partial charge in [-0.15, -0.1) is 0 Å². The molecule has 0 atom stereocenters. The SMILES string of the molecule is Cc1cc(F)c(NCCCCC#N)cc1F. The van der Waals surface area contributed by atoms with Gasteiger partial charge in [0.05, 0.1) is 11.8 Å². The van der Waals surface area contributed by atoms with E-state index in [0.29, 0.717) is 18.5 Å². The van der Waals surface area contributed by atoms with E-state index in [0.717, 1.165) is 18.9 Å². The lowest BCUT2D eigenvalue weighted by Crippen LogP contribution is -2.04. The molecule has 16 heavy (non-hydrogen) atoms. The number of benzene rings is 1. The Labute approximate surface area is 93.9 Å². The lowest BCUT2D eigenvalue weighted by Gasteiger charge is -2.08. The van der Waals surface area contributed by atoms with E-state index in [9.17, 15) is 8.78 Å². The van der Waals surface area contributed by atoms with Crippen LogP contribution in [-0.2, 0) is 0 Å². The largest absolute Gasteiger partial charge is 0.383 e. The Morgan fingerprint density at radius 1 is 1.25 bits per heavy atom. The highest BCUT2D eigenvalue weighted by Crippen LogP contribution is 2.18. The summed E-state index contributed by atoms with van der Waals surface area (Å²) in [4.78, 5) is 0. The number of nitrogens with one attached hydrogen (secondary N) is 1. The average molecular weight is 224 g/mol. The minimum absolute atomic E-state index is 0.181. The van der Waals surface area contributed by atoms with Crippen molar-refractivity contribution >= 4 is 5.69 Å². The van der Waals surface area contributed by atoms with Crippen LogP contribution in [0.4, 0.5) is 14.5 Å². The zero-order valence-corrected chi connectivity index (χ0v) is 9.19. The molecule has 0 spiro atoms. The molecule has 0 radical (unpaired) electrons. The first-order valence-corrected chi connectivity index (χ1v) is 5.21. The summed E-state index contributed by atoms with van der Waals surface area (Å²) in [6.45, 7) is 2.07. The van der Waals surface area contributed by atoms with Gasteiger partial charge in [-0.2, -0.15) is 5.26 Å². The molecule has 0 saturated carbocycles. The van der Waals surface area contributed by atoms with E-state index in [1.54, 1.807) is 0 Å². The molecule has 0 aromatic heterocycles. The van der Waals surface area contributed by atoms with Crippen LogP contribution in [0, 0.1) is 29.9 Å². The Morgan fingerprint density at radius 3 is 2.69 bits per heavy atom. The molecule has 86 valence electrons. The van der Waals surface area contributed by atoms with Crippen LogP contribution >= 0.6 is 0 Å². The first-order chi connectivity index (χ1) is 7.65. The van der Waals surface area contributed by atoms with Gasteiger partial charge in [-0.1, -0.05) is 0 Å². The molecule has 1 aromatic carbocycles. The van der Waals surface area contributed by atoms with Crippen molar-refractivity contribution in [3.63, 3.8) is 0 Å². The van der Waals surface area contributed by atoms with Crippen LogP contribution in [-0.4, -0.2) is 6.54 Å². The second-order valence-corrected chi connectivity index (χ2v) is 3.62. The summed E-state index contributed by atoms with van der Waals surface area (Å²) in [7, 11) is 0. The summed E-state index contributed by atoms with van der Waals surface area (Å²) in [6.07, 6.45) is 2.02. The lowest BCUT2D eigenvalue weighted by atomic mass is 10.2. The highest BCUT2D eigenvalue weighted by molar-refractivity contribution is 5.46. The molecule has 0 bridgehead atoms. The third kappa shape index (κ3) is 3.50. The highest BCUT2D eigenvalue weighted by atomic mass is 19.1. The topological polar surface area (TPSA) is 35.8 Å². The van der Waals surface area contributed by atoms with Crippen LogP contribution in [0.25, 0.3) is 0 Å². The van der Waals surface area contributed by atoms with Crippen molar-refractivity contribution in [2.75, 3.05) is 11.9 Å². The van der Waals surface area contributed by atoms with E-state index in [1.165, 1.54) is 13.0 Å². The summed E-state index contributed by atoms with van der Waals surface area (Å²) in [5, 5.41) is 11.1. The molecular formula is C12H14F2N2. The van der Waals surface area contributed by atoms with Crippen molar-refractivity contribution in [1.29, 1.82) is 5.26 Å². The number of anilines is 1. The van der Waals surface area contributed by atoms with E-state index in [-0.39, 0.29) is 5.69 Å². The molecule has 0 saturated heterocycles. The molecule has 0 amide bonds. The van der Waals surface area contributed by atoms with Crippen molar-refractivity contribution in [2.24, 2.45) is 0 Å². The number of hydrogen-bond donors (Lipinski definition) is 1. The lowest BCUT2D eigenvalue weighted by molar-refractivity contribution is 0.594. The zero-order chi connectivity index (χ0) is 12.0. The van der Waals surface area contributed by atoms with Gasteiger partial charge in [0.1, 0.15) is 11.6 Å². The Bertz CT molecular complexity index is 397.